The second-order valence-corrected chi connectivity index (χ2v) is 5.01. The number of aliphatic imine (C=N–C) groups is 1. The van der Waals surface area contributed by atoms with Gasteiger partial charge in [-0.1, -0.05) is 12.8 Å². The third kappa shape index (κ3) is 2.95. The summed E-state index contributed by atoms with van der Waals surface area (Å²) in [6, 6.07) is 0.828. The minimum atomic E-state index is 0.828. The van der Waals surface area contributed by atoms with Gasteiger partial charge in [0.25, 0.3) is 0 Å². The standard InChI is InChI=1S/C9H22N2Si2/c1-8(10-6-12)11(7-13)9-4-2-3-5-9/h9H,2-7H2,1,12-13H3. The van der Waals surface area contributed by atoms with E-state index in [1.165, 1.54) is 58.2 Å². The van der Waals surface area contributed by atoms with Crippen LogP contribution in [0.5, 0.6) is 0 Å². The molecule has 0 heterocycles. The van der Waals surface area contributed by atoms with Gasteiger partial charge >= 0.3 is 0 Å². The van der Waals surface area contributed by atoms with Crippen LogP contribution in [0.3, 0.4) is 0 Å². The number of nitrogens with zero attached hydrogens (tertiary/aromatic N) is 2. The minimum absolute atomic E-state index is 0.828. The summed E-state index contributed by atoms with van der Waals surface area (Å²) >= 11 is 0. The lowest BCUT2D eigenvalue weighted by atomic mass is 10.2. The molecule has 0 amide bonds. The Morgan fingerprint density at radius 3 is 2.46 bits per heavy atom. The summed E-state index contributed by atoms with van der Waals surface area (Å²) in [4.78, 5) is 7.12. The van der Waals surface area contributed by atoms with E-state index in [-0.39, 0.29) is 0 Å². The second-order valence-electron chi connectivity index (χ2n) is 3.75. The summed E-state index contributed by atoms with van der Waals surface area (Å²) in [5.41, 5.74) is 0. The molecule has 0 aliphatic heterocycles. The first-order valence-corrected chi connectivity index (χ1v) is 8.40. The zero-order valence-corrected chi connectivity index (χ0v) is 13.2. The van der Waals surface area contributed by atoms with E-state index in [0.29, 0.717) is 0 Å². The van der Waals surface area contributed by atoms with E-state index >= 15 is 0 Å². The van der Waals surface area contributed by atoms with Crippen molar-refractivity contribution in [2.75, 3.05) is 12.3 Å². The Balaban J connectivity index is 2.54. The van der Waals surface area contributed by atoms with Crippen LogP contribution >= 0.6 is 0 Å². The van der Waals surface area contributed by atoms with Crippen molar-refractivity contribution >= 4 is 26.3 Å². The van der Waals surface area contributed by atoms with Gasteiger partial charge in [0.2, 0.25) is 0 Å². The Kier molecular flexibility index (Phi) is 4.73. The fourth-order valence-corrected chi connectivity index (χ4v) is 3.72. The molecule has 0 radical (unpaired) electrons. The third-order valence-corrected chi connectivity index (χ3v) is 3.91. The largest absolute Gasteiger partial charge is 0.362 e. The topological polar surface area (TPSA) is 15.6 Å². The number of hydrogen-bond acceptors (Lipinski definition) is 1. The van der Waals surface area contributed by atoms with Gasteiger partial charge in [-0.3, -0.25) is 4.99 Å². The molecular weight excluding hydrogens is 192 g/mol. The summed E-state index contributed by atoms with van der Waals surface area (Å²) in [7, 11) is 2.47. The summed E-state index contributed by atoms with van der Waals surface area (Å²) in [6.45, 7) is 2.19. The molecule has 0 spiro atoms. The molecule has 1 fully saturated rings. The van der Waals surface area contributed by atoms with E-state index in [2.05, 4.69) is 16.8 Å². The lowest BCUT2D eigenvalue weighted by molar-refractivity contribution is 0.354. The van der Waals surface area contributed by atoms with Crippen LogP contribution in [0.25, 0.3) is 0 Å². The van der Waals surface area contributed by atoms with Crippen LogP contribution in [0.4, 0.5) is 0 Å². The lowest BCUT2D eigenvalue weighted by Gasteiger charge is -2.29. The van der Waals surface area contributed by atoms with Crippen LogP contribution in [-0.4, -0.2) is 49.6 Å². The molecule has 1 aliphatic carbocycles. The highest BCUT2D eigenvalue weighted by Gasteiger charge is 2.21. The predicted octanol–water partition coefficient (Wildman–Crippen LogP) is -0.705. The van der Waals surface area contributed by atoms with Gasteiger partial charge < -0.3 is 4.90 Å². The van der Waals surface area contributed by atoms with Gasteiger partial charge in [0.05, 0.1) is 5.84 Å². The molecule has 1 rings (SSSR count). The number of rotatable bonds is 3. The molecule has 0 aromatic rings. The highest BCUT2D eigenvalue weighted by Crippen LogP contribution is 2.23. The van der Waals surface area contributed by atoms with Crippen molar-refractivity contribution in [3.05, 3.63) is 0 Å². The fourth-order valence-electron chi connectivity index (χ4n) is 2.29. The Morgan fingerprint density at radius 2 is 2.00 bits per heavy atom. The molecule has 1 aliphatic rings. The average Bonchev–Trinajstić information content (AvgIpc) is 2.59. The van der Waals surface area contributed by atoms with Gasteiger partial charge in [0, 0.05) is 38.9 Å². The fraction of sp³-hybridized carbons (Fsp3) is 0.889. The van der Waals surface area contributed by atoms with Gasteiger partial charge in [-0.05, 0) is 19.8 Å². The van der Waals surface area contributed by atoms with Crippen LogP contribution in [0.2, 0.25) is 0 Å². The first-order valence-electron chi connectivity index (χ1n) is 5.57. The van der Waals surface area contributed by atoms with E-state index in [1.54, 1.807) is 0 Å². The van der Waals surface area contributed by atoms with Gasteiger partial charge in [0.1, 0.15) is 0 Å². The monoisotopic (exact) mass is 214 g/mol. The zero-order chi connectivity index (χ0) is 9.68. The van der Waals surface area contributed by atoms with Crippen LogP contribution in [0.15, 0.2) is 4.99 Å². The quantitative estimate of drug-likeness (QED) is 0.344. The Labute approximate surface area is 87.7 Å². The first kappa shape index (κ1) is 11.0. The van der Waals surface area contributed by atoms with Gasteiger partial charge in [-0.2, -0.15) is 0 Å². The Hall–Kier alpha value is -0.0962. The van der Waals surface area contributed by atoms with E-state index in [9.17, 15) is 0 Å². The summed E-state index contributed by atoms with van der Waals surface area (Å²) < 4.78 is 0. The molecule has 4 heteroatoms. The maximum absolute atomic E-state index is 4.57. The zero-order valence-electron chi connectivity index (χ0n) is 9.21. The van der Waals surface area contributed by atoms with Crippen LogP contribution in [0, 0.1) is 0 Å². The van der Waals surface area contributed by atoms with E-state index < -0.39 is 0 Å². The van der Waals surface area contributed by atoms with Crippen molar-refractivity contribution < 1.29 is 0 Å². The first-order chi connectivity index (χ1) is 6.29. The molecule has 2 nitrogen and oxygen atoms in total. The van der Waals surface area contributed by atoms with E-state index in [1.807, 2.05) is 0 Å². The normalized spacial score (nSPS) is 19.9. The van der Waals surface area contributed by atoms with Crippen molar-refractivity contribution in [3.63, 3.8) is 0 Å². The summed E-state index contributed by atoms with van der Waals surface area (Å²) in [5.74, 6) is 1.30. The van der Waals surface area contributed by atoms with Gasteiger partial charge in [-0.15, -0.1) is 0 Å². The molecular formula is C9H22N2Si2. The summed E-state index contributed by atoms with van der Waals surface area (Å²) in [6.07, 6.45) is 7.98. The summed E-state index contributed by atoms with van der Waals surface area (Å²) in [5, 5.41) is 0. The van der Waals surface area contributed by atoms with Crippen molar-refractivity contribution in [1.29, 1.82) is 0 Å². The maximum Gasteiger partial charge on any atom is 0.0952 e. The average molecular weight is 214 g/mol. The molecule has 0 bridgehead atoms. The van der Waals surface area contributed by atoms with Crippen molar-refractivity contribution in [2.45, 2.75) is 38.6 Å². The molecule has 1 saturated carbocycles. The van der Waals surface area contributed by atoms with E-state index in [4.69, 9.17) is 0 Å². The van der Waals surface area contributed by atoms with Crippen molar-refractivity contribution in [2.24, 2.45) is 4.99 Å². The highest BCUT2D eigenvalue weighted by molar-refractivity contribution is 6.11. The smallest absolute Gasteiger partial charge is 0.0952 e. The minimum Gasteiger partial charge on any atom is -0.362 e. The molecule has 0 saturated heterocycles. The molecule has 76 valence electrons. The molecule has 0 N–H and O–H groups in total. The lowest BCUT2D eigenvalue weighted by Crippen LogP contribution is -2.38. The van der Waals surface area contributed by atoms with Crippen LogP contribution in [0.1, 0.15) is 32.6 Å². The molecule has 0 aromatic heterocycles. The van der Waals surface area contributed by atoms with Crippen LogP contribution < -0.4 is 0 Å². The van der Waals surface area contributed by atoms with Crippen molar-refractivity contribution in [1.82, 2.24) is 4.90 Å². The molecule has 0 unspecified atom stereocenters. The van der Waals surface area contributed by atoms with E-state index in [0.717, 1.165) is 12.2 Å². The number of amidine groups is 1. The molecule has 13 heavy (non-hydrogen) atoms. The SMILES string of the molecule is CC(=NC[SiH3])N(C[SiH3])C1CCCC1. The maximum atomic E-state index is 4.57. The molecule has 0 atom stereocenters. The highest BCUT2D eigenvalue weighted by atomic mass is 28.1. The third-order valence-electron chi connectivity index (χ3n) is 2.91. The predicted molar refractivity (Wildman–Crippen MR) is 66.8 cm³/mol. The Bertz CT molecular complexity index is 176. The van der Waals surface area contributed by atoms with Crippen molar-refractivity contribution in [3.8, 4) is 0 Å². The Morgan fingerprint density at radius 1 is 1.38 bits per heavy atom. The van der Waals surface area contributed by atoms with Gasteiger partial charge in [-0.25, -0.2) is 0 Å². The second kappa shape index (κ2) is 5.60. The molecule has 0 aromatic carbocycles. The van der Waals surface area contributed by atoms with Crippen LogP contribution in [-0.2, 0) is 0 Å². The van der Waals surface area contributed by atoms with Gasteiger partial charge in [0.15, 0.2) is 0 Å². The number of hydrogen-bond donors (Lipinski definition) is 0.